The summed E-state index contributed by atoms with van der Waals surface area (Å²) in [5.74, 6) is 0.893. The summed E-state index contributed by atoms with van der Waals surface area (Å²) in [5, 5.41) is 5.22. The van der Waals surface area contributed by atoms with Gasteiger partial charge in [-0.2, -0.15) is 0 Å². The summed E-state index contributed by atoms with van der Waals surface area (Å²) in [4.78, 5) is 31.7. The number of amides is 2. The van der Waals surface area contributed by atoms with Crippen molar-refractivity contribution >= 4 is 62.7 Å². The summed E-state index contributed by atoms with van der Waals surface area (Å²) in [5.41, 5.74) is 2.61. The van der Waals surface area contributed by atoms with Gasteiger partial charge in [0, 0.05) is 23.9 Å². The number of nitrogens with one attached hydrogen (secondary N) is 1. The quantitative estimate of drug-likeness (QED) is 0.390. The summed E-state index contributed by atoms with van der Waals surface area (Å²) in [6.07, 6.45) is 1.88. The third-order valence-corrected chi connectivity index (χ3v) is 7.09. The van der Waals surface area contributed by atoms with Gasteiger partial charge in [0.25, 0.3) is 5.91 Å². The molecule has 1 aromatic heterocycles. The number of fused-ring (bicyclic) bond motifs is 1. The van der Waals surface area contributed by atoms with E-state index in [-0.39, 0.29) is 31.6 Å². The van der Waals surface area contributed by atoms with Crippen LogP contribution in [0.5, 0.6) is 11.5 Å². The Morgan fingerprint density at radius 1 is 1.18 bits per heavy atom. The predicted octanol–water partition coefficient (Wildman–Crippen LogP) is 4.77. The number of anilines is 1. The molecule has 33 heavy (non-hydrogen) atoms. The number of hydrogen-bond acceptors (Lipinski definition) is 8. The SMILES string of the molecule is O=C(CCN1C(=O)/C(=C\c2ccc3c(c2)OCO3)SC1=S)Nc1nc(-c2ccccc2)cs1. The van der Waals surface area contributed by atoms with Crippen molar-refractivity contribution in [3.05, 3.63) is 64.4 Å². The van der Waals surface area contributed by atoms with Gasteiger partial charge < -0.3 is 14.8 Å². The molecule has 2 aliphatic rings. The van der Waals surface area contributed by atoms with Crippen LogP contribution in [0.1, 0.15) is 12.0 Å². The van der Waals surface area contributed by atoms with Crippen molar-refractivity contribution in [2.45, 2.75) is 6.42 Å². The van der Waals surface area contributed by atoms with Gasteiger partial charge in [-0.05, 0) is 23.8 Å². The number of aromatic nitrogens is 1. The van der Waals surface area contributed by atoms with Gasteiger partial charge in [0.05, 0.1) is 10.6 Å². The van der Waals surface area contributed by atoms with Crippen LogP contribution in [0.2, 0.25) is 0 Å². The Hall–Kier alpha value is -3.21. The van der Waals surface area contributed by atoms with E-state index in [0.717, 1.165) is 16.8 Å². The third-order valence-electron chi connectivity index (χ3n) is 4.95. The highest BCUT2D eigenvalue weighted by atomic mass is 32.2. The molecule has 0 aliphatic carbocycles. The molecule has 166 valence electrons. The van der Waals surface area contributed by atoms with Crippen molar-refractivity contribution in [3.63, 3.8) is 0 Å². The maximum atomic E-state index is 12.8. The first-order valence-corrected chi connectivity index (χ1v) is 12.1. The molecule has 5 rings (SSSR count). The molecule has 3 heterocycles. The number of thioether (sulfide) groups is 1. The summed E-state index contributed by atoms with van der Waals surface area (Å²) in [7, 11) is 0. The number of thiocarbonyl (C=S) groups is 1. The van der Waals surface area contributed by atoms with E-state index in [0.29, 0.717) is 25.9 Å². The molecular weight excluding hydrogens is 478 g/mol. The molecule has 1 N–H and O–H groups in total. The predicted molar refractivity (Wildman–Crippen MR) is 133 cm³/mol. The van der Waals surface area contributed by atoms with E-state index in [1.54, 1.807) is 12.1 Å². The second-order valence-corrected chi connectivity index (χ2v) is 9.68. The number of thiazole rings is 1. The third kappa shape index (κ3) is 4.77. The molecule has 2 aliphatic heterocycles. The van der Waals surface area contributed by atoms with Crippen LogP contribution in [0.3, 0.4) is 0 Å². The second kappa shape index (κ2) is 9.34. The first-order chi connectivity index (χ1) is 16.1. The standard InChI is InChI=1S/C23H17N3O4S3/c27-20(25-22-24-16(12-32-22)15-4-2-1-3-5-15)8-9-26-21(28)19(33-23(26)31)11-14-6-7-17-18(10-14)30-13-29-17/h1-7,10-12H,8-9,13H2,(H,24,25,27)/b19-11+. The van der Waals surface area contributed by atoms with Crippen LogP contribution < -0.4 is 14.8 Å². The Morgan fingerprint density at radius 2 is 2.00 bits per heavy atom. The molecule has 0 bridgehead atoms. The lowest BCUT2D eigenvalue weighted by Gasteiger charge is -2.13. The molecule has 1 saturated heterocycles. The fourth-order valence-electron chi connectivity index (χ4n) is 3.31. The van der Waals surface area contributed by atoms with E-state index in [1.165, 1.54) is 28.0 Å². The smallest absolute Gasteiger partial charge is 0.266 e. The van der Waals surface area contributed by atoms with Gasteiger partial charge in [-0.3, -0.25) is 14.5 Å². The van der Waals surface area contributed by atoms with Crippen molar-refractivity contribution in [1.82, 2.24) is 9.88 Å². The number of hydrogen-bond donors (Lipinski definition) is 1. The van der Waals surface area contributed by atoms with E-state index in [1.807, 2.05) is 47.8 Å². The van der Waals surface area contributed by atoms with Gasteiger partial charge in [0.1, 0.15) is 4.32 Å². The lowest BCUT2D eigenvalue weighted by Crippen LogP contribution is -2.31. The van der Waals surface area contributed by atoms with Gasteiger partial charge in [0.2, 0.25) is 12.7 Å². The zero-order valence-electron chi connectivity index (χ0n) is 17.1. The molecule has 7 nitrogen and oxygen atoms in total. The highest BCUT2D eigenvalue weighted by Crippen LogP contribution is 2.36. The zero-order chi connectivity index (χ0) is 22.8. The lowest BCUT2D eigenvalue weighted by atomic mass is 10.2. The summed E-state index contributed by atoms with van der Waals surface area (Å²) in [6.45, 7) is 0.392. The van der Waals surface area contributed by atoms with Crippen molar-refractivity contribution in [3.8, 4) is 22.8 Å². The largest absolute Gasteiger partial charge is 0.454 e. The fourth-order valence-corrected chi connectivity index (χ4v) is 5.36. The summed E-state index contributed by atoms with van der Waals surface area (Å²) >= 11 is 7.95. The van der Waals surface area contributed by atoms with Crippen LogP contribution in [0, 0.1) is 0 Å². The first-order valence-electron chi connectivity index (χ1n) is 10.0. The Morgan fingerprint density at radius 3 is 2.85 bits per heavy atom. The molecule has 3 aromatic rings. The molecule has 10 heteroatoms. The van der Waals surface area contributed by atoms with E-state index in [4.69, 9.17) is 21.7 Å². The molecular formula is C23H17N3O4S3. The summed E-state index contributed by atoms with van der Waals surface area (Å²) in [6, 6.07) is 15.2. The number of benzene rings is 2. The van der Waals surface area contributed by atoms with Crippen molar-refractivity contribution in [2.75, 3.05) is 18.7 Å². The van der Waals surface area contributed by atoms with E-state index in [9.17, 15) is 9.59 Å². The average Bonchev–Trinajstić information content (AvgIpc) is 3.53. The molecule has 1 fully saturated rings. The van der Waals surface area contributed by atoms with Gasteiger partial charge >= 0.3 is 0 Å². The second-order valence-electron chi connectivity index (χ2n) is 7.15. The van der Waals surface area contributed by atoms with Crippen LogP contribution in [0.25, 0.3) is 17.3 Å². The maximum Gasteiger partial charge on any atom is 0.266 e. The molecule has 0 spiro atoms. The molecule has 2 amide bonds. The number of nitrogens with zero attached hydrogens (tertiary/aromatic N) is 2. The van der Waals surface area contributed by atoms with E-state index in [2.05, 4.69) is 10.3 Å². The van der Waals surface area contributed by atoms with Crippen LogP contribution in [0.15, 0.2) is 58.8 Å². The zero-order valence-corrected chi connectivity index (χ0v) is 19.6. The normalized spacial score (nSPS) is 16.0. The minimum absolute atomic E-state index is 0.115. The minimum Gasteiger partial charge on any atom is -0.454 e. The Kier molecular flexibility index (Phi) is 6.12. The van der Waals surface area contributed by atoms with Crippen LogP contribution in [-0.4, -0.2) is 39.4 Å². The number of carbonyl (C=O) groups excluding carboxylic acids is 2. The number of rotatable bonds is 6. The van der Waals surface area contributed by atoms with Crippen molar-refractivity contribution in [2.24, 2.45) is 0 Å². The minimum atomic E-state index is -0.224. The first kappa shape index (κ1) is 21.6. The maximum absolute atomic E-state index is 12.8. The fraction of sp³-hybridized carbons (Fsp3) is 0.130. The van der Waals surface area contributed by atoms with Gasteiger partial charge in [0.15, 0.2) is 16.6 Å². The van der Waals surface area contributed by atoms with Gasteiger partial charge in [-0.1, -0.05) is 60.4 Å². The Labute approximate surface area is 203 Å². The Balaban J connectivity index is 1.19. The van der Waals surface area contributed by atoms with E-state index < -0.39 is 0 Å². The monoisotopic (exact) mass is 495 g/mol. The highest BCUT2D eigenvalue weighted by molar-refractivity contribution is 8.26. The molecule has 0 saturated carbocycles. The lowest BCUT2D eigenvalue weighted by molar-refractivity contribution is -0.122. The van der Waals surface area contributed by atoms with Gasteiger partial charge in [-0.25, -0.2) is 4.98 Å². The van der Waals surface area contributed by atoms with Crippen LogP contribution >= 0.6 is 35.3 Å². The van der Waals surface area contributed by atoms with Crippen molar-refractivity contribution < 1.29 is 19.1 Å². The Bertz CT molecular complexity index is 1270. The highest BCUT2D eigenvalue weighted by Gasteiger charge is 2.32. The number of ether oxygens (including phenoxy) is 2. The molecule has 0 atom stereocenters. The molecule has 0 unspecified atom stereocenters. The van der Waals surface area contributed by atoms with Crippen LogP contribution in [0.4, 0.5) is 5.13 Å². The van der Waals surface area contributed by atoms with E-state index >= 15 is 0 Å². The molecule has 0 radical (unpaired) electrons. The molecule has 2 aromatic carbocycles. The van der Waals surface area contributed by atoms with Gasteiger partial charge in [-0.15, -0.1) is 11.3 Å². The number of carbonyl (C=O) groups is 2. The average molecular weight is 496 g/mol. The van der Waals surface area contributed by atoms with Crippen LogP contribution in [-0.2, 0) is 9.59 Å². The van der Waals surface area contributed by atoms with Crippen molar-refractivity contribution in [1.29, 1.82) is 0 Å². The topological polar surface area (TPSA) is 80.8 Å². The summed E-state index contributed by atoms with van der Waals surface area (Å²) < 4.78 is 11.1.